The number of thiazole rings is 1. The van der Waals surface area contributed by atoms with Crippen LogP contribution in [0.5, 0.6) is 0 Å². The molecule has 0 radical (unpaired) electrons. The summed E-state index contributed by atoms with van der Waals surface area (Å²) in [6.07, 6.45) is 2.17. The molecule has 0 atom stereocenters. The second kappa shape index (κ2) is 6.36. The van der Waals surface area contributed by atoms with Crippen LogP contribution in [0, 0.1) is 5.92 Å². The lowest BCUT2D eigenvalue weighted by Gasteiger charge is -2.01. The Hall–Kier alpha value is -1.73. The summed E-state index contributed by atoms with van der Waals surface area (Å²) in [6.45, 7) is 0.548. The summed E-state index contributed by atoms with van der Waals surface area (Å²) in [6, 6.07) is 3.95. The molecule has 0 spiro atoms. The van der Waals surface area contributed by atoms with Crippen molar-refractivity contribution in [2.45, 2.75) is 25.8 Å². The lowest BCUT2D eigenvalue weighted by molar-refractivity contribution is -0.120. The van der Waals surface area contributed by atoms with Crippen LogP contribution in [0.2, 0.25) is 0 Å². The first-order chi connectivity index (χ1) is 10.2. The van der Waals surface area contributed by atoms with Crippen LogP contribution < -0.4 is 10.6 Å². The van der Waals surface area contributed by atoms with Crippen molar-refractivity contribution in [2.24, 2.45) is 5.92 Å². The summed E-state index contributed by atoms with van der Waals surface area (Å²) in [5.74, 6) is 0.137. The molecule has 0 aromatic carbocycles. The molecule has 0 saturated heterocycles. The summed E-state index contributed by atoms with van der Waals surface area (Å²) in [5, 5.41) is 10.0. The van der Waals surface area contributed by atoms with Gasteiger partial charge in [0.05, 0.1) is 18.7 Å². The second-order valence-corrected chi connectivity index (χ2v) is 6.83. The molecule has 7 heteroatoms. The fourth-order valence-electron chi connectivity index (χ4n) is 1.82. The highest BCUT2D eigenvalue weighted by Gasteiger charge is 2.30. The maximum atomic E-state index is 11.8. The van der Waals surface area contributed by atoms with Crippen LogP contribution in [-0.4, -0.2) is 16.8 Å². The van der Waals surface area contributed by atoms with Crippen molar-refractivity contribution >= 4 is 39.6 Å². The Balaban J connectivity index is 1.47. The molecule has 110 valence electrons. The van der Waals surface area contributed by atoms with Crippen molar-refractivity contribution in [1.82, 2.24) is 10.3 Å². The number of hydrogen-bond donors (Lipinski definition) is 2. The number of anilines is 1. The van der Waals surface area contributed by atoms with Gasteiger partial charge in [-0.2, -0.15) is 0 Å². The van der Waals surface area contributed by atoms with Crippen LogP contribution in [-0.2, 0) is 22.6 Å². The number of carbonyl (C=O) groups excluding carboxylic acids is 2. The highest BCUT2D eigenvalue weighted by molar-refractivity contribution is 7.14. The minimum atomic E-state index is -0.0613. The molecule has 1 fully saturated rings. The summed E-state index contributed by atoms with van der Waals surface area (Å²) in [4.78, 5) is 28.8. The first kappa shape index (κ1) is 14.2. The molecule has 0 bridgehead atoms. The molecule has 5 nitrogen and oxygen atoms in total. The average molecular weight is 321 g/mol. The predicted octanol–water partition coefficient (Wildman–Crippen LogP) is 2.41. The second-order valence-electron chi connectivity index (χ2n) is 4.94. The van der Waals surface area contributed by atoms with E-state index in [1.807, 2.05) is 22.9 Å². The Kier molecular flexibility index (Phi) is 4.31. The molecule has 2 N–H and O–H groups in total. The van der Waals surface area contributed by atoms with Gasteiger partial charge in [0.2, 0.25) is 11.8 Å². The van der Waals surface area contributed by atoms with E-state index in [1.165, 1.54) is 11.3 Å². The summed E-state index contributed by atoms with van der Waals surface area (Å²) in [5.41, 5.74) is 0.690. The van der Waals surface area contributed by atoms with Gasteiger partial charge < -0.3 is 10.6 Å². The number of rotatable bonds is 6. The highest BCUT2D eigenvalue weighted by Crippen LogP contribution is 2.30. The third-order valence-corrected chi connectivity index (χ3v) is 4.79. The van der Waals surface area contributed by atoms with Crippen LogP contribution in [0.4, 0.5) is 5.13 Å². The molecule has 2 heterocycles. The number of thiophene rings is 1. The van der Waals surface area contributed by atoms with Crippen LogP contribution in [0.1, 0.15) is 23.4 Å². The third-order valence-electron chi connectivity index (χ3n) is 3.11. The van der Waals surface area contributed by atoms with Crippen molar-refractivity contribution in [1.29, 1.82) is 0 Å². The monoisotopic (exact) mass is 321 g/mol. The number of hydrogen-bond acceptors (Lipinski definition) is 5. The molecule has 21 heavy (non-hydrogen) atoms. The summed E-state index contributed by atoms with van der Waals surface area (Å²) in [7, 11) is 0. The zero-order valence-corrected chi connectivity index (χ0v) is 12.9. The van der Waals surface area contributed by atoms with Crippen molar-refractivity contribution in [3.8, 4) is 0 Å². The van der Waals surface area contributed by atoms with E-state index in [4.69, 9.17) is 0 Å². The van der Waals surface area contributed by atoms with Crippen molar-refractivity contribution < 1.29 is 9.59 Å². The topological polar surface area (TPSA) is 71.1 Å². The van der Waals surface area contributed by atoms with Gasteiger partial charge in [-0.15, -0.1) is 22.7 Å². The first-order valence-electron chi connectivity index (χ1n) is 6.75. The van der Waals surface area contributed by atoms with Crippen molar-refractivity contribution in [2.75, 3.05) is 5.32 Å². The van der Waals surface area contributed by atoms with Gasteiger partial charge in [-0.1, -0.05) is 6.07 Å². The first-order valence-corrected chi connectivity index (χ1v) is 8.51. The van der Waals surface area contributed by atoms with Crippen LogP contribution in [0.3, 0.4) is 0 Å². The highest BCUT2D eigenvalue weighted by atomic mass is 32.1. The zero-order valence-electron chi connectivity index (χ0n) is 11.3. The average Bonchev–Trinajstić information content (AvgIpc) is 3.02. The van der Waals surface area contributed by atoms with E-state index in [-0.39, 0.29) is 24.2 Å². The maximum absolute atomic E-state index is 11.8. The van der Waals surface area contributed by atoms with Gasteiger partial charge in [0, 0.05) is 16.2 Å². The minimum absolute atomic E-state index is 0.0399. The lowest BCUT2D eigenvalue weighted by atomic mass is 10.3. The smallest absolute Gasteiger partial charge is 0.229 e. The largest absolute Gasteiger partial charge is 0.351 e. The molecule has 0 aliphatic heterocycles. The van der Waals surface area contributed by atoms with Gasteiger partial charge in [0.25, 0.3) is 0 Å². The number of carbonyl (C=O) groups is 2. The fourth-order valence-corrected chi connectivity index (χ4v) is 3.18. The summed E-state index contributed by atoms with van der Waals surface area (Å²) < 4.78 is 0. The molecule has 1 aliphatic rings. The molecular formula is C14H15N3O2S2. The van der Waals surface area contributed by atoms with Gasteiger partial charge in [0.15, 0.2) is 5.13 Å². The van der Waals surface area contributed by atoms with E-state index in [0.717, 1.165) is 17.7 Å². The SMILES string of the molecule is O=C(Cc1csc(NC(=O)C2CC2)n1)NCc1cccs1. The molecule has 2 aromatic rings. The molecule has 2 amide bonds. The fraction of sp³-hybridized carbons (Fsp3) is 0.357. The number of amides is 2. The zero-order chi connectivity index (χ0) is 14.7. The van der Waals surface area contributed by atoms with E-state index >= 15 is 0 Å². The molecule has 3 rings (SSSR count). The van der Waals surface area contributed by atoms with Crippen LogP contribution in [0.15, 0.2) is 22.9 Å². The Morgan fingerprint density at radius 3 is 2.90 bits per heavy atom. The number of nitrogens with one attached hydrogen (secondary N) is 2. The van der Waals surface area contributed by atoms with E-state index < -0.39 is 0 Å². The van der Waals surface area contributed by atoms with Gasteiger partial charge in [-0.25, -0.2) is 4.98 Å². The van der Waals surface area contributed by atoms with E-state index in [9.17, 15) is 9.59 Å². The standard InChI is InChI=1S/C14H15N3O2S2/c18-12(15-7-11-2-1-5-20-11)6-10-8-21-14(16-10)17-13(19)9-3-4-9/h1-2,5,8-9H,3-4,6-7H2,(H,15,18)(H,16,17,19). The Labute approximate surface area is 130 Å². The van der Waals surface area contributed by atoms with Gasteiger partial charge >= 0.3 is 0 Å². The minimum Gasteiger partial charge on any atom is -0.351 e. The number of aromatic nitrogens is 1. The van der Waals surface area contributed by atoms with E-state index in [2.05, 4.69) is 15.6 Å². The predicted molar refractivity (Wildman–Crippen MR) is 83.3 cm³/mol. The molecule has 1 aliphatic carbocycles. The molecule has 1 saturated carbocycles. The van der Waals surface area contributed by atoms with Gasteiger partial charge in [-0.3, -0.25) is 9.59 Å². The lowest BCUT2D eigenvalue weighted by Crippen LogP contribution is -2.24. The molecular weight excluding hydrogens is 306 g/mol. The van der Waals surface area contributed by atoms with E-state index in [0.29, 0.717) is 17.4 Å². The van der Waals surface area contributed by atoms with E-state index in [1.54, 1.807) is 11.3 Å². The molecule has 2 aromatic heterocycles. The normalized spacial score (nSPS) is 13.9. The summed E-state index contributed by atoms with van der Waals surface area (Å²) >= 11 is 2.97. The van der Waals surface area contributed by atoms with Crippen molar-refractivity contribution in [3.63, 3.8) is 0 Å². The Bertz CT molecular complexity index is 632. The van der Waals surface area contributed by atoms with Gasteiger partial charge in [-0.05, 0) is 24.3 Å². The number of nitrogens with zero attached hydrogens (tertiary/aromatic N) is 1. The third kappa shape index (κ3) is 4.12. The van der Waals surface area contributed by atoms with Crippen LogP contribution in [0.25, 0.3) is 0 Å². The molecule has 0 unspecified atom stereocenters. The van der Waals surface area contributed by atoms with Crippen LogP contribution >= 0.6 is 22.7 Å². The Morgan fingerprint density at radius 2 is 2.19 bits per heavy atom. The quantitative estimate of drug-likeness (QED) is 0.858. The van der Waals surface area contributed by atoms with Crippen molar-refractivity contribution in [3.05, 3.63) is 33.5 Å². The van der Waals surface area contributed by atoms with Gasteiger partial charge in [0.1, 0.15) is 0 Å². The maximum Gasteiger partial charge on any atom is 0.229 e. The Morgan fingerprint density at radius 1 is 1.33 bits per heavy atom.